The van der Waals surface area contributed by atoms with Crippen molar-refractivity contribution >= 4 is 6.09 Å². The topological polar surface area (TPSA) is 29.5 Å². The van der Waals surface area contributed by atoms with E-state index in [9.17, 15) is 4.79 Å². The highest BCUT2D eigenvalue weighted by Crippen LogP contribution is 2.04. The molecular formula is C14H21NO2. The summed E-state index contributed by atoms with van der Waals surface area (Å²) in [5.41, 5.74) is 2.44. The summed E-state index contributed by atoms with van der Waals surface area (Å²) in [7, 11) is 0. The molecule has 3 nitrogen and oxygen atoms in total. The number of benzene rings is 1. The molecule has 0 heterocycles. The first-order valence-corrected chi connectivity index (χ1v) is 6.14. The van der Waals surface area contributed by atoms with Crippen molar-refractivity contribution in [3.63, 3.8) is 0 Å². The lowest BCUT2D eigenvalue weighted by Gasteiger charge is -2.17. The van der Waals surface area contributed by atoms with Crippen LogP contribution in [-0.2, 0) is 11.2 Å². The monoisotopic (exact) mass is 235 g/mol. The Morgan fingerprint density at radius 1 is 1.18 bits per heavy atom. The van der Waals surface area contributed by atoms with Crippen molar-refractivity contribution in [2.24, 2.45) is 0 Å². The van der Waals surface area contributed by atoms with Gasteiger partial charge < -0.3 is 9.64 Å². The summed E-state index contributed by atoms with van der Waals surface area (Å²) >= 11 is 0. The molecular weight excluding hydrogens is 214 g/mol. The molecule has 0 spiro atoms. The maximum absolute atomic E-state index is 11.6. The fraction of sp³-hybridized carbons (Fsp3) is 0.500. The first-order chi connectivity index (χ1) is 8.17. The molecule has 0 fully saturated rings. The van der Waals surface area contributed by atoms with Gasteiger partial charge in [-0.15, -0.1) is 0 Å². The van der Waals surface area contributed by atoms with Crippen LogP contribution in [0.3, 0.4) is 0 Å². The van der Waals surface area contributed by atoms with Crippen LogP contribution < -0.4 is 0 Å². The second kappa shape index (κ2) is 6.94. The van der Waals surface area contributed by atoms with Gasteiger partial charge in [-0.25, -0.2) is 4.79 Å². The average molecular weight is 235 g/mol. The van der Waals surface area contributed by atoms with Gasteiger partial charge in [0.1, 0.15) is 0 Å². The van der Waals surface area contributed by atoms with Crippen LogP contribution in [0.15, 0.2) is 24.3 Å². The molecule has 0 aliphatic carbocycles. The van der Waals surface area contributed by atoms with E-state index in [1.54, 1.807) is 4.90 Å². The van der Waals surface area contributed by atoms with Gasteiger partial charge in [-0.2, -0.15) is 0 Å². The van der Waals surface area contributed by atoms with Gasteiger partial charge in [0.2, 0.25) is 0 Å². The van der Waals surface area contributed by atoms with Gasteiger partial charge >= 0.3 is 6.09 Å². The Morgan fingerprint density at radius 2 is 1.76 bits per heavy atom. The smallest absolute Gasteiger partial charge is 0.409 e. The molecule has 1 aromatic carbocycles. The minimum atomic E-state index is -0.220. The van der Waals surface area contributed by atoms with Crippen molar-refractivity contribution in [2.75, 3.05) is 19.7 Å². The molecule has 1 aromatic rings. The van der Waals surface area contributed by atoms with E-state index in [2.05, 4.69) is 31.2 Å². The number of aryl methyl sites for hydroxylation is 1. The molecule has 0 N–H and O–H groups in total. The molecule has 0 saturated carbocycles. The van der Waals surface area contributed by atoms with Crippen LogP contribution >= 0.6 is 0 Å². The highest BCUT2D eigenvalue weighted by molar-refractivity contribution is 5.67. The van der Waals surface area contributed by atoms with Crippen LogP contribution in [0.5, 0.6) is 0 Å². The first kappa shape index (κ1) is 13.6. The third-order valence-electron chi connectivity index (χ3n) is 2.76. The van der Waals surface area contributed by atoms with E-state index >= 15 is 0 Å². The molecule has 1 rings (SSSR count). The average Bonchev–Trinajstić information content (AvgIpc) is 2.33. The summed E-state index contributed by atoms with van der Waals surface area (Å²) in [6, 6.07) is 8.28. The van der Waals surface area contributed by atoms with Crippen LogP contribution in [0.2, 0.25) is 0 Å². The third kappa shape index (κ3) is 4.47. The number of nitrogens with zero attached hydrogens (tertiary/aromatic N) is 1. The van der Waals surface area contributed by atoms with Crippen LogP contribution in [0.25, 0.3) is 0 Å². The van der Waals surface area contributed by atoms with E-state index < -0.39 is 0 Å². The second-order valence-corrected chi connectivity index (χ2v) is 4.02. The summed E-state index contributed by atoms with van der Waals surface area (Å²) in [4.78, 5) is 13.2. The summed E-state index contributed by atoms with van der Waals surface area (Å²) in [6.45, 7) is 7.79. The Morgan fingerprint density at radius 3 is 2.29 bits per heavy atom. The quantitative estimate of drug-likeness (QED) is 0.785. The minimum absolute atomic E-state index is 0.220. The van der Waals surface area contributed by atoms with Gasteiger partial charge in [-0.1, -0.05) is 29.8 Å². The molecule has 0 aliphatic heterocycles. The predicted molar refractivity (Wildman–Crippen MR) is 69.2 cm³/mol. The molecule has 17 heavy (non-hydrogen) atoms. The van der Waals surface area contributed by atoms with E-state index in [1.807, 2.05) is 13.8 Å². The number of hydrogen-bond acceptors (Lipinski definition) is 2. The van der Waals surface area contributed by atoms with Gasteiger partial charge in [0.05, 0.1) is 6.61 Å². The van der Waals surface area contributed by atoms with Crippen LogP contribution in [0.4, 0.5) is 4.79 Å². The lowest BCUT2D eigenvalue weighted by atomic mass is 10.1. The second-order valence-electron chi connectivity index (χ2n) is 4.02. The number of carbonyl (C=O) groups is 1. The molecule has 0 atom stereocenters. The summed E-state index contributed by atoms with van der Waals surface area (Å²) in [5.74, 6) is 0. The number of carbonyl (C=O) groups excluding carboxylic acids is 1. The van der Waals surface area contributed by atoms with Gasteiger partial charge in [0, 0.05) is 19.5 Å². The molecule has 94 valence electrons. The zero-order chi connectivity index (χ0) is 12.7. The van der Waals surface area contributed by atoms with Crippen molar-refractivity contribution in [1.82, 2.24) is 4.90 Å². The molecule has 1 amide bonds. The maximum atomic E-state index is 11.6. The largest absolute Gasteiger partial charge is 0.449 e. The summed E-state index contributed by atoms with van der Waals surface area (Å²) in [6.07, 6.45) is 0.551. The SMILES string of the molecule is CCN(CC)C(=O)OCCc1ccc(C)cc1. The molecule has 0 radical (unpaired) electrons. The molecule has 0 bridgehead atoms. The number of hydrogen-bond donors (Lipinski definition) is 0. The van der Waals surface area contributed by atoms with E-state index in [1.165, 1.54) is 11.1 Å². The molecule has 0 saturated heterocycles. The van der Waals surface area contributed by atoms with E-state index in [-0.39, 0.29) is 6.09 Å². The minimum Gasteiger partial charge on any atom is -0.449 e. The Kier molecular flexibility index (Phi) is 5.53. The predicted octanol–water partition coefficient (Wildman–Crippen LogP) is 3.02. The number of amides is 1. The first-order valence-electron chi connectivity index (χ1n) is 6.14. The molecule has 3 heteroatoms. The molecule has 0 aliphatic rings. The van der Waals surface area contributed by atoms with E-state index in [4.69, 9.17) is 4.74 Å². The van der Waals surface area contributed by atoms with Crippen molar-refractivity contribution in [1.29, 1.82) is 0 Å². The van der Waals surface area contributed by atoms with E-state index in [0.29, 0.717) is 19.7 Å². The third-order valence-corrected chi connectivity index (χ3v) is 2.76. The highest BCUT2D eigenvalue weighted by atomic mass is 16.6. The van der Waals surface area contributed by atoms with E-state index in [0.717, 1.165) is 6.42 Å². The zero-order valence-electron chi connectivity index (χ0n) is 10.9. The molecule has 0 aromatic heterocycles. The fourth-order valence-electron chi connectivity index (χ4n) is 1.58. The maximum Gasteiger partial charge on any atom is 0.409 e. The lowest BCUT2D eigenvalue weighted by Crippen LogP contribution is -2.31. The number of ether oxygens (including phenoxy) is 1. The van der Waals surface area contributed by atoms with Gasteiger partial charge in [0.15, 0.2) is 0 Å². The zero-order valence-corrected chi connectivity index (χ0v) is 10.9. The van der Waals surface area contributed by atoms with Gasteiger partial charge in [0.25, 0.3) is 0 Å². The Hall–Kier alpha value is -1.51. The molecule has 0 unspecified atom stereocenters. The van der Waals surface area contributed by atoms with Crippen molar-refractivity contribution < 1.29 is 9.53 Å². The fourth-order valence-corrected chi connectivity index (χ4v) is 1.58. The normalized spacial score (nSPS) is 10.1. The summed E-state index contributed by atoms with van der Waals surface area (Å²) < 4.78 is 5.21. The standard InChI is InChI=1S/C14H21NO2/c1-4-15(5-2)14(16)17-11-10-13-8-6-12(3)7-9-13/h6-9H,4-5,10-11H2,1-3H3. The highest BCUT2D eigenvalue weighted by Gasteiger charge is 2.09. The Balaban J connectivity index is 2.32. The van der Waals surface area contributed by atoms with Crippen molar-refractivity contribution in [3.8, 4) is 0 Å². The van der Waals surface area contributed by atoms with Gasteiger partial charge in [-0.3, -0.25) is 0 Å². The van der Waals surface area contributed by atoms with Crippen LogP contribution in [-0.4, -0.2) is 30.7 Å². The van der Waals surface area contributed by atoms with Crippen LogP contribution in [0.1, 0.15) is 25.0 Å². The lowest BCUT2D eigenvalue weighted by molar-refractivity contribution is 0.107. The van der Waals surface area contributed by atoms with Crippen LogP contribution in [0, 0.1) is 6.92 Å². The Bertz CT molecular complexity index is 342. The summed E-state index contributed by atoms with van der Waals surface area (Å²) in [5, 5.41) is 0. The Labute approximate surface area is 103 Å². The number of rotatable bonds is 5. The van der Waals surface area contributed by atoms with Gasteiger partial charge in [-0.05, 0) is 26.3 Å². The van der Waals surface area contributed by atoms with Crippen molar-refractivity contribution in [3.05, 3.63) is 35.4 Å². The van der Waals surface area contributed by atoms with Crippen molar-refractivity contribution in [2.45, 2.75) is 27.2 Å².